The lowest BCUT2D eigenvalue weighted by molar-refractivity contribution is 0.0850. The average Bonchev–Trinajstić information content (AvgIpc) is 2.80. The number of fused-ring (bicyclic) bond motifs is 1. The van der Waals surface area contributed by atoms with Crippen LogP contribution < -0.4 is 9.47 Å². The summed E-state index contributed by atoms with van der Waals surface area (Å²) < 4.78 is 10.8. The number of rotatable bonds is 10. The summed E-state index contributed by atoms with van der Waals surface area (Å²) in [5.74, 6) is 1.70. The molecule has 0 saturated heterocycles. The van der Waals surface area contributed by atoms with Crippen molar-refractivity contribution < 1.29 is 14.6 Å². The van der Waals surface area contributed by atoms with Gasteiger partial charge >= 0.3 is 0 Å². The zero-order valence-corrected chi connectivity index (χ0v) is 18.9. The van der Waals surface area contributed by atoms with Crippen LogP contribution in [0.15, 0.2) is 36.4 Å². The van der Waals surface area contributed by atoms with Crippen molar-refractivity contribution in [1.29, 1.82) is 5.26 Å². The van der Waals surface area contributed by atoms with E-state index in [1.165, 1.54) is 11.1 Å². The molecule has 0 saturated carbocycles. The highest BCUT2D eigenvalue weighted by atomic mass is 16.5. The molecule has 0 bridgehead atoms. The number of nitrogens with zero attached hydrogens (tertiary/aromatic N) is 2. The van der Waals surface area contributed by atoms with Gasteiger partial charge < -0.3 is 19.5 Å². The Morgan fingerprint density at radius 3 is 2.42 bits per heavy atom. The molecule has 0 radical (unpaired) electrons. The Kier molecular flexibility index (Phi) is 8.34. The van der Waals surface area contributed by atoms with Crippen LogP contribution in [-0.4, -0.2) is 44.4 Å². The van der Waals surface area contributed by atoms with Crippen LogP contribution in [0.4, 0.5) is 0 Å². The molecule has 3 rings (SSSR count). The third-order valence-electron chi connectivity index (χ3n) is 6.40. The minimum atomic E-state index is -0.440. The maximum atomic E-state index is 10.9. The Balaban J connectivity index is 1.42. The number of methoxy groups -OCH3 is 2. The molecule has 31 heavy (non-hydrogen) atoms. The van der Waals surface area contributed by atoms with Crippen molar-refractivity contribution >= 4 is 0 Å². The summed E-state index contributed by atoms with van der Waals surface area (Å²) >= 11 is 0. The zero-order valence-electron chi connectivity index (χ0n) is 18.9. The van der Waals surface area contributed by atoms with Crippen LogP contribution in [-0.2, 0) is 12.8 Å². The molecule has 1 aliphatic carbocycles. The minimum Gasteiger partial charge on any atom is -0.493 e. The SMILES string of the molecule is COc1cc2c(cc1OC)C(O)C(CCCN(C)CCCc1ccc(C#N)cc1)CC2. The molecule has 2 aromatic carbocycles. The van der Waals surface area contributed by atoms with Crippen molar-refractivity contribution in [1.82, 2.24) is 4.90 Å². The predicted octanol–water partition coefficient (Wildman–Crippen LogP) is 4.52. The maximum Gasteiger partial charge on any atom is 0.161 e. The monoisotopic (exact) mass is 422 g/mol. The second-order valence-corrected chi connectivity index (χ2v) is 8.51. The van der Waals surface area contributed by atoms with E-state index in [0.29, 0.717) is 11.3 Å². The van der Waals surface area contributed by atoms with Gasteiger partial charge in [-0.1, -0.05) is 12.1 Å². The summed E-state index contributed by atoms with van der Waals surface area (Å²) in [6.07, 6.45) is 5.77. The largest absolute Gasteiger partial charge is 0.493 e. The molecule has 2 unspecified atom stereocenters. The Morgan fingerprint density at radius 1 is 1.06 bits per heavy atom. The highest BCUT2D eigenvalue weighted by Gasteiger charge is 2.29. The first-order chi connectivity index (χ1) is 15.0. The van der Waals surface area contributed by atoms with E-state index in [0.717, 1.165) is 62.9 Å². The topological polar surface area (TPSA) is 65.7 Å². The lowest BCUT2D eigenvalue weighted by Gasteiger charge is -2.31. The standard InChI is InChI=1S/C26H34N2O3/c1-28(14-4-6-19-8-10-20(18-27)11-9-19)15-5-7-21-12-13-22-16-24(30-2)25(31-3)17-23(22)26(21)29/h8-11,16-17,21,26,29H,4-7,12-15H2,1-3H3. The number of aliphatic hydroxyl groups excluding tert-OH is 1. The van der Waals surface area contributed by atoms with E-state index in [2.05, 4.69) is 18.0 Å². The van der Waals surface area contributed by atoms with E-state index in [1.807, 2.05) is 36.4 Å². The summed E-state index contributed by atoms with van der Waals surface area (Å²) in [5, 5.41) is 19.8. The average molecular weight is 423 g/mol. The van der Waals surface area contributed by atoms with Gasteiger partial charge in [-0.2, -0.15) is 5.26 Å². The Hall–Kier alpha value is -2.55. The van der Waals surface area contributed by atoms with Crippen LogP contribution in [0.25, 0.3) is 0 Å². The minimum absolute atomic E-state index is 0.289. The number of benzene rings is 2. The van der Waals surface area contributed by atoms with Gasteiger partial charge in [-0.3, -0.25) is 0 Å². The predicted molar refractivity (Wildman–Crippen MR) is 123 cm³/mol. The fraction of sp³-hybridized carbons (Fsp3) is 0.500. The number of aliphatic hydroxyl groups is 1. The fourth-order valence-corrected chi connectivity index (χ4v) is 4.52. The van der Waals surface area contributed by atoms with Gasteiger partial charge in [0.1, 0.15) is 0 Å². The van der Waals surface area contributed by atoms with Crippen molar-refractivity contribution in [3.63, 3.8) is 0 Å². The van der Waals surface area contributed by atoms with E-state index in [9.17, 15) is 5.11 Å². The summed E-state index contributed by atoms with van der Waals surface area (Å²) in [6, 6.07) is 14.0. The molecule has 0 aliphatic heterocycles. The number of aryl methyl sites for hydroxylation is 2. The fourth-order valence-electron chi connectivity index (χ4n) is 4.52. The molecular weight excluding hydrogens is 388 g/mol. The summed E-state index contributed by atoms with van der Waals surface area (Å²) in [4.78, 5) is 2.38. The summed E-state index contributed by atoms with van der Waals surface area (Å²) in [5.41, 5.74) is 4.15. The van der Waals surface area contributed by atoms with Crippen molar-refractivity contribution in [3.05, 3.63) is 58.7 Å². The normalized spacial score (nSPS) is 17.8. The molecule has 5 heteroatoms. The number of hydrogen-bond donors (Lipinski definition) is 1. The molecule has 5 nitrogen and oxygen atoms in total. The molecule has 0 spiro atoms. The van der Waals surface area contributed by atoms with Gasteiger partial charge in [-0.15, -0.1) is 0 Å². The van der Waals surface area contributed by atoms with Crippen LogP contribution >= 0.6 is 0 Å². The van der Waals surface area contributed by atoms with Gasteiger partial charge in [0.2, 0.25) is 0 Å². The lowest BCUT2D eigenvalue weighted by Crippen LogP contribution is -2.24. The van der Waals surface area contributed by atoms with E-state index >= 15 is 0 Å². The molecule has 0 fully saturated rings. The number of nitriles is 1. The van der Waals surface area contributed by atoms with Gasteiger partial charge in [0, 0.05) is 0 Å². The molecule has 1 aliphatic rings. The molecule has 2 atom stereocenters. The second-order valence-electron chi connectivity index (χ2n) is 8.51. The first-order valence-electron chi connectivity index (χ1n) is 11.2. The highest BCUT2D eigenvalue weighted by Crippen LogP contribution is 2.41. The van der Waals surface area contributed by atoms with Gasteiger partial charge in [0.15, 0.2) is 11.5 Å². The third kappa shape index (κ3) is 6.00. The van der Waals surface area contributed by atoms with E-state index in [-0.39, 0.29) is 5.92 Å². The lowest BCUT2D eigenvalue weighted by atomic mass is 9.79. The van der Waals surface area contributed by atoms with E-state index in [4.69, 9.17) is 14.7 Å². The maximum absolute atomic E-state index is 10.9. The number of ether oxygens (including phenoxy) is 2. The molecule has 0 amide bonds. The van der Waals surface area contributed by atoms with Crippen molar-refractivity contribution in [2.45, 2.75) is 44.6 Å². The van der Waals surface area contributed by atoms with Gasteiger partial charge in [0.25, 0.3) is 0 Å². The zero-order chi connectivity index (χ0) is 22.2. The third-order valence-corrected chi connectivity index (χ3v) is 6.40. The summed E-state index contributed by atoms with van der Waals surface area (Å²) in [7, 11) is 5.45. The van der Waals surface area contributed by atoms with E-state index < -0.39 is 6.10 Å². The molecule has 1 N–H and O–H groups in total. The first-order valence-corrected chi connectivity index (χ1v) is 11.2. The van der Waals surface area contributed by atoms with Crippen LogP contribution in [0.1, 0.15) is 54.0 Å². The van der Waals surface area contributed by atoms with Gasteiger partial charge in [-0.05, 0) is 106 Å². The Bertz CT molecular complexity index is 889. The summed E-state index contributed by atoms with van der Waals surface area (Å²) in [6.45, 7) is 2.09. The van der Waals surface area contributed by atoms with Crippen LogP contribution in [0.3, 0.4) is 0 Å². The number of hydrogen-bond acceptors (Lipinski definition) is 5. The van der Waals surface area contributed by atoms with E-state index in [1.54, 1.807) is 14.2 Å². The highest BCUT2D eigenvalue weighted by molar-refractivity contribution is 5.49. The molecule has 0 heterocycles. The van der Waals surface area contributed by atoms with Crippen molar-refractivity contribution in [2.24, 2.45) is 5.92 Å². The van der Waals surface area contributed by atoms with Crippen LogP contribution in [0.2, 0.25) is 0 Å². The van der Waals surface area contributed by atoms with Gasteiger partial charge in [0.05, 0.1) is 32.0 Å². The van der Waals surface area contributed by atoms with Crippen LogP contribution in [0.5, 0.6) is 11.5 Å². The van der Waals surface area contributed by atoms with Crippen LogP contribution in [0, 0.1) is 17.2 Å². The first kappa shape index (κ1) is 23.1. The van der Waals surface area contributed by atoms with Crippen molar-refractivity contribution in [2.75, 3.05) is 34.4 Å². The molecule has 0 aromatic heterocycles. The smallest absolute Gasteiger partial charge is 0.161 e. The molecular formula is C26H34N2O3. The second kappa shape index (κ2) is 11.2. The Morgan fingerprint density at radius 2 is 1.74 bits per heavy atom. The molecule has 2 aromatic rings. The quantitative estimate of drug-likeness (QED) is 0.610. The van der Waals surface area contributed by atoms with Crippen molar-refractivity contribution in [3.8, 4) is 17.6 Å². The molecule has 166 valence electrons. The van der Waals surface area contributed by atoms with Gasteiger partial charge in [-0.25, -0.2) is 0 Å². The Labute approximate surface area is 186 Å².